The van der Waals surface area contributed by atoms with Crippen LogP contribution in [0.4, 0.5) is 0 Å². The average molecular weight is 225 g/mol. The second-order valence-corrected chi connectivity index (χ2v) is 5.73. The smallest absolute Gasteiger partial charge is 0.0613 e. The van der Waals surface area contributed by atoms with Gasteiger partial charge in [-0.05, 0) is 50.4 Å². The summed E-state index contributed by atoms with van der Waals surface area (Å²) in [5.74, 6) is 1.72. The van der Waals surface area contributed by atoms with Gasteiger partial charge in [0.15, 0.2) is 0 Å². The average Bonchev–Trinajstić information content (AvgIpc) is 2.76. The van der Waals surface area contributed by atoms with Crippen LogP contribution in [0.25, 0.3) is 0 Å². The Bertz CT molecular complexity index is 199. The van der Waals surface area contributed by atoms with E-state index in [-0.39, 0.29) is 0 Å². The van der Waals surface area contributed by atoms with Gasteiger partial charge in [0.1, 0.15) is 0 Å². The number of nitrogens with one attached hydrogen (secondary N) is 1. The SMILES string of the molecule is CCC1OCCC1CNC1CCC(C)CC1. The molecule has 0 aromatic heterocycles. The molecule has 16 heavy (non-hydrogen) atoms. The largest absolute Gasteiger partial charge is 0.378 e. The Morgan fingerprint density at radius 1 is 1.12 bits per heavy atom. The van der Waals surface area contributed by atoms with Crippen LogP contribution in [0.5, 0.6) is 0 Å². The summed E-state index contributed by atoms with van der Waals surface area (Å²) < 4.78 is 5.73. The molecule has 2 fully saturated rings. The Labute approximate surface area is 100 Å². The molecule has 2 nitrogen and oxygen atoms in total. The molecule has 1 saturated heterocycles. The lowest BCUT2D eigenvalue weighted by Gasteiger charge is -2.28. The molecular weight excluding hydrogens is 198 g/mol. The standard InChI is InChI=1S/C14H27NO/c1-3-14-12(8-9-16-14)10-15-13-6-4-11(2)5-7-13/h11-15H,3-10H2,1-2H3. The van der Waals surface area contributed by atoms with E-state index in [1.165, 1.54) is 45.1 Å². The minimum atomic E-state index is 0.523. The van der Waals surface area contributed by atoms with Gasteiger partial charge in [-0.1, -0.05) is 13.8 Å². The van der Waals surface area contributed by atoms with E-state index in [4.69, 9.17) is 4.74 Å². The molecule has 1 saturated carbocycles. The molecule has 0 bridgehead atoms. The Morgan fingerprint density at radius 3 is 2.56 bits per heavy atom. The highest BCUT2D eigenvalue weighted by molar-refractivity contribution is 4.81. The van der Waals surface area contributed by atoms with Crippen molar-refractivity contribution in [2.75, 3.05) is 13.2 Å². The topological polar surface area (TPSA) is 21.3 Å². The molecule has 2 unspecified atom stereocenters. The molecule has 94 valence electrons. The van der Waals surface area contributed by atoms with Crippen molar-refractivity contribution >= 4 is 0 Å². The zero-order valence-corrected chi connectivity index (χ0v) is 10.9. The number of hydrogen-bond donors (Lipinski definition) is 1. The van der Waals surface area contributed by atoms with E-state index in [2.05, 4.69) is 19.2 Å². The van der Waals surface area contributed by atoms with E-state index in [9.17, 15) is 0 Å². The maximum Gasteiger partial charge on any atom is 0.0613 e. The predicted molar refractivity (Wildman–Crippen MR) is 67.6 cm³/mol. The second kappa shape index (κ2) is 6.02. The molecule has 1 aliphatic heterocycles. The van der Waals surface area contributed by atoms with Crippen LogP contribution in [0.3, 0.4) is 0 Å². The predicted octanol–water partition coefficient (Wildman–Crippen LogP) is 2.97. The summed E-state index contributed by atoms with van der Waals surface area (Å²) in [5, 5.41) is 3.77. The van der Waals surface area contributed by atoms with Crippen LogP contribution >= 0.6 is 0 Å². The Balaban J connectivity index is 1.67. The van der Waals surface area contributed by atoms with Crippen molar-refractivity contribution in [3.63, 3.8) is 0 Å². The summed E-state index contributed by atoms with van der Waals surface area (Å²) in [4.78, 5) is 0. The van der Waals surface area contributed by atoms with Crippen molar-refractivity contribution < 1.29 is 4.74 Å². The zero-order valence-electron chi connectivity index (χ0n) is 10.9. The molecule has 2 atom stereocenters. The molecule has 2 rings (SSSR count). The molecule has 0 spiro atoms. The number of ether oxygens (including phenoxy) is 1. The van der Waals surface area contributed by atoms with E-state index in [1.807, 2.05) is 0 Å². The third kappa shape index (κ3) is 3.21. The van der Waals surface area contributed by atoms with Crippen molar-refractivity contribution in [2.45, 2.75) is 64.5 Å². The fraction of sp³-hybridized carbons (Fsp3) is 1.00. The lowest BCUT2D eigenvalue weighted by molar-refractivity contribution is 0.0860. The van der Waals surface area contributed by atoms with Gasteiger partial charge in [0.2, 0.25) is 0 Å². The third-order valence-electron chi connectivity index (χ3n) is 4.43. The molecule has 0 radical (unpaired) electrons. The molecule has 2 aliphatic rings. The highest BCUT2D eigenvalue weighted by atomic mass is 16.5. The van der Waals surface area contributed by atoms with Crippen LogP contribution < -0.4 is 5.32 Å². The summed E-state index contributed by atoms with van der Waals surface area (Å²) >= 11 is 0. The van der Waals surface area contributed by atoms with Crippen molar-refractivity contribution in [3.8, 4) is 0 Å². The summed E-state index contributed by atoms with van der Waals surface area (Å²) in [6, 6.07) is 0.786. The Hall–Kier alpha value is -0.0800. The van der Waals surface area contributed by atoms with Gasteiger partial charge in [0, 0.05) is 19.2 Å². The molecular formula is C14H27NO. The van der Waals surface area contributed by atoms with Crippen molar-refractivity contribution in [1.29, 1.82) is 0 Å². The van der Waals surface area contributed by atoms with Crippen LogP contribution in [-0.2, 0) is 4.74 Å². The van der Waals surface area contributed by atoms with Gasteiger partial charge in [-0.3, -0.25) is 0 Å². The van der Waals surface area contributed by atoms with E-state index in [1.54, 1.807) is 0 Å². The first kappa shape index (κ1) is 12.4. The van der Waals surface area contributed by atoms with Gasteiger partial charge in [-0.2, -0.15) is 0 Å². The maximum absolute atomic E-state index is 5.73. The van der Waals surface area contributed by atoms with Gasteiger partial charge in [-0.25, -0.2) is 0 Å². The second-order valence-electron chi connectivity index (χ2n) is 5.73. The molecule has 1 aliphatic carbocycles. The summed E-state index contributed by atoms with van der Waals surface area (Å²) in [7, 11) is 0. The molecule has 0 aromatic carbocycles. The van der Waals surface area contributed by atoms with Crippen LogP contribution in [0, 0.1) is 11.8 Å². The number of hydrogen-bond acceptors (Lipinski definition) is 2. The first-order valence-electron chi connectivity index (χ1n) is 7.14. The van der Waals surface area contributed by atoms with Crippen LogP contribution in [-0.4, -0.2) is 25.3 Å². The first-order chi connectivity index (χ1) is 7.79. The zero-order chi connectivity index (χ0) is 11.4. The van der Waals surface area contributed by atoms with Gasteiger partial charge in [-0.15, -0.1) is 0 Å². The maximum atomic E-state index is 5.73. The fourth-order valence-electron chi connectivity index (χ4n) is 3.16. The van der Waals surface area contributed by atoms with Gasteiger partial charge in [0.05, 0.1) is 6.10 Å². The van der Waals surface area contributed by atoms with E-state index in [0.29, 0.717) is 6.10 Å². The normalized spacial score (nSPS) is 40.1. The molecule has 2 heteroatoms. The molecule has 0 amide bonds. The van der Waals surface area contributed by atoms with Crippen molar-refractivity contribution in [3.05, 3.63) is 0 Å². The van der Waals surface area contributed by atoms with Crippen molar-refractivity contribution in [2.24, 2.45) is 11.8 Å². The highest BCUT2D eigenvalue weighted by Gasteiger charge is 2.27. The van der Waals surface area contributed by atoms with Gasteiger partial charge in [0.25, 0.3) is 0 Å². The van der Waals surface area contributed by atoms with Crippen molar-refractivity contribution in [1.82, 2.24) is 5.32 Å². The van der Waals surface area contributed by atoms with Gasteiger partial charge < -0.3 is 10.1 Å². The number of rotatable bonds is 4. The quantitative estimate of drug-likeness (QED) is 0.794. The first-order valence-corrected chi connectivity index (χ1v) is 7.14. The minimum Gasteiger partial charge on any atom is -0.378 e. The van der Waals surface area contributed by atoms with Crippen LogP contribution in [0.2, 0.25) is 0 Å². The van der Waals surface area contributed by atoms with Gasteiger partial charge >= 0.3 is 0 Å². The van der Waals surface area contributed by atoms with Crippen LogP contribution in [0.15, 0.2) is 0 Å². The minimum absolute atomic E-state index is 0.523. The van der Waals surface area contributed by atoms with E-state index in [0.717, 1.165) is 24.5 Å². The summed E-state index contributed by atoms with van der Waals surface area (Å²) in [5.41, 5.74) is 0. The lowest BCUT2D eigenvalue weighted by Crippen LogP contribution is -2.37. The Morgan fingerprint density at radius 2 is 1.88 bits per heavy atom. The summed E-state index contributed by atoms with van der Waals surface area (Å²) in [6.07, 6.45) is 8.54. The van der Waals surface area contributed by atoms with E-state index >= 15 is 0 Å². The molecule has 0 aromatic rings. The molecule has 1 N–H and O–H groups in total. The van der Waals surface area contributed by atoms with Crippen LogP contribution in [0.1, 0.15) is 52.4 Å². The highest BCUT2D eigenvalue weighted by Crippen LogP contribution is 2.26. The third-order valence-corrected chi connectivity index (χ3v) is 4.43. The summed E-state index contributed by atoms with van der Waals surface area (Å²) in [6.45, 7) is 6.78. The van der Waals surface area contributed by atoms with E-state index < -0.39 is 0 Å². The monoisotopic (exact) mass is 225 g/mol. The molecule has 1 heterocycles. The lowest BCUT2D eigenvalue weighted by atomic mass is 9.87. The Kier molecular flexibility index (Phi) is 4.66. The fourth-order valence-corrected chi connectivity index (χ4v) is 3.16.